The Balaban J connectivity index is 1.42. The van der Waals surface area contributed by atoms with Gasteiger partial charge in [0.1, 0.15) is 0 Å². The summed E-state index contributed by atoms with van der Waals surface area (Å²) in [6, 6.07) is 25.9. The van der Waals surface area contributed by atoms with Gasteiger partial charge in [-0.1, -0.05) is 131 Å². The standard InChI is InChI=1S/C38H42N2/c1-9-33(29-20-18-28(19-21-29)26(2)3)38(7,8)36-22-23-40(25-37(36,5)6)27(4)31-15-11-12-16-32(31)35-24-30-14-10-13-17-34(30)39-35/h9-22H,2,4,23-25H2,1,3,5-8H3/b33-9-. The van der Waals surface area contributed by atoms with E-state index in [1.807, 2.05) is 0 Å². The van der Waals surface area contributed by atoms with Crippen LogP contribution in [0.1, 0.15) is 69.4 Å². The van der Waals surface area contributed by atoms with Crippen LogP contribution in [0.4, 0.5) is 5.69 Å². The van der Waals surface area contributed by atoms with Gasteiger partial charge in [-0.2, -0.15) is 0 Å². The number of fused-ring (bicyclic) bond motifs is 1. The molecule has 0 radical (unpaired) electrons. The van der Waals surface area contributed by atoms with E-state index in [1.165, 1.54) is 39.0 Å². The van der Waals surface area contributed by atoms with Crippen molar-refractivity contribution in [1.82, 2.24) is 4.90 Å². The fourth-order valence-corrected chi connectivity index (χ4v) is 6.83. The van der Waals surface area contributed by atoms with Gasteiger partial charge in [0, 0.05) is 47.2 Å². The zero-order chi connectivity index (χ0) is 28.7. The topological polar surface area (TPSA) is 15.6 Å². The van der Waals surface area contributed by atoms with Crippen LogP contribution in [0.25, 0.3) is 16.8 Å². The number of allylic oxidation sites excluding steroid dienone is 3. The van der Waals surface area contributed by atoms with Crippen LogP contribution in [0, 0.1) is 10.8 Å². The van der Waals surface area contributed by atoms with E-state index in [1.54, 1.807) is 0 Å². The van der Waals surface area contributed by atoms with E-state index in [9.17, 15) is 0 Å². The molecule has 0 bridgehead atoms. The number of rotatable bonds is 7. The Kier molecular flexibility index (Phi) is 7.31. The molecule has 3 aromatic carbocycles. The summed E-state index contributed by atoms with van der Waals surface area (Å²) in [5, 5.41) is 0. The van der Waals surface area contributed by atoms with Crippen LogP contribution in [-0.2, 0) is 6.42 Å². The maximum absolute atomic E-state index is 4.99. The van der Waals surface area contributed by atoms with Crippen LogP contribution in [0.2, 0.25) is 0 Å². The minimum absolute atomic E-state index is 0.0351. The molecule has 0 amide bonds. The average Bonchev–Trinajstić information content (AvgIpc) is 3.37. The first-order valence-electron chi connectivity index (χ1n) is 14.4. The van der Waals surface area contributed by atoms with E-state index < -0.39 is 0 Å². The molecule has 0 N–H and O–H groups in total. The molecule has 0 aromatic heterocycles. The lowest BCUT2D eigenvalue weighted by atomic mass is 9.63. The Bertz CT molecular complexity index is 1560. The van der Waals surface area contributed by atoms with E-state index in [4.69, 9.17) is 4.99 Å². The molecule has 3 aromatic rings. The molecular weight excluding hydrogens is 484 g/mol. The Labute approximate surface area is 241 Å². The Morgan fingerprint density at radius 3 is 2.23 bits per heavy atom. The molecule has 2 heteroatoms. The van der Waals surface area contributed by atoms with Crippen molar-refractivity contribution in [3.05, 3.63) is 131 Å². The molecule has 0 spiro atoms. The van der Waals surface area contributed by atoms with Gasteiger partial charge >= 0.3 is 0 Å². The van der Waals surface area contributed by atoms with Crippen molar-refractivity contribution >= 4 is 28.2 Å². The van der Waals surface area contributed by atoms with Gasteiger partial charge in [-0.25, -0.2) is 0 Å². The normalized spacial score (nSPS) is 16.8. The van der Waals surface area contributed by atoms with Gasteiger partial charge in [0.2, 0.25) is 0 Å². The van der Waals surface area contributed by atoms with Crippen LogP contribution in [-0.4, -0.2) is 23.7 Å². The van der Waals surface area contributed by atoms with Gasteiger partial charge in [0.25, 0.3) is 0 Å². The van der Waals surface area contributed by atoms with Crippen LogP contribution < -0.4 is 0 Å². The van der Waals surface area contributed by atoms with E-state index in [-0.39, 0.29) is 10.8 Å². The summed E-state index contributed by atoms with van der Waals surface area (Å²) in [5.41, 5.74) is 13.2. The minimum atomic E-state index is -0.112. The average molecular weight is 527 g/mol. The smallest absolute Gasteiger partial charge is 0.0669 e. The molecule has 0 saturated heterocycles. The fraction of sp³-hybridized carbons (Fsp3) is 0.289. The number of benzene rings is 3. The molecule has 2 aliphatic rings. The molecule has 0 fully saturated rings. The van der Waals surface area contributed by atoms with Crippen molar-refractivity contribution in [2.75, 3.05) is 13.1 Å². The number of aliphatic imine (C=N–C) groups is 1. The highest BCUT2D eigenvalue weighted by atomic mass is 15.1. The SMILES string of the molecule is C=C(C)c1ccc(/C(=C/C)C(C)(C)C2=CCN(C(=C)c3ccccc3C3=Nc4ccccc4C3)CC2(C)C)cc1. The summed E-state index contributed by atoms with van der Waals surface area (Å²) < 4.78 is 0. The van der Waals surface area contributed by atoms with Gasteiger partial charge < -0.3 is 4.90 Å². The zero-order valence-electron chi connectivity index (χ0n) is 25.0. The molecule has 5 rings (SSSR count). The lowest BCUT2D eigenvalue weighted by Crippen LogP contribution is -2.43. The van der Waals surface area contributed by atoms with Gasteiger partial charge in [-0.15, -0.1) is 0 Å². The molecule has 2 heterocycles. The third-order valence-corrected chi connectivity index (χ3v) is 8.69. The number of para-hydroxylation sites is 1. The first-order valence-corrected chi connectivity index (χ1v) is 14.4. The van der Waals surface area contributed by atoms with Crippen molar-refractivity contribution in [2.45, 2.75) is 48.0 Å². The van der Waals surface area contributed by atoms with Crippen LogP contribution in [0.15, 0.2) is 109 Å². The second-order valence-electron chi connectivity index (χ2n) is 12.4. The third kappa shape index (κ3) is 5.04. The molecule has 0 atom stereocenters. The Hall–Kier alpha value is -3.91. The van der Waals surface area contributed by atoms with Gasteiger partial charge in [-0.3, -0.25) is 4.99 Å². The van der Waals surface area contributed by atoms with Crippen molar-refractivity contribution in [3.8, 4) is 0 Å². The number of hydrogen-bond donors (Lipinski definition) is 0. The monoisotopic (exact) mass is 526 g/mol. The first-order chi connectivity index (χ1) is 19.0. The largest absolute Gasteiger partial charge is 0.367 e. The first kappa shape index (κ1) is 27.6. The highest BCUT2D eigenvalue weighted by Gasteiger charge is 2.41. The lowest BCUT2D eigenvalue weighted by molar-refractivity contribution is 0.245. The summed E-state index contributed by atoms with van der Waals surface area (Å²) in [5.74, 6) is 0. The molecule has 0 saturated carbocycles. The second-order valence-corrected chi connectivity index (χ2v) is 12.4. The summed E-state index contributed by atoms with van der Waals surface area (Å²) in [4.78, 5) is 7.43. The Morgan fingerprint density at radius 2 is 1.57 bits per heavy atom. The van der Waals surface area contributed by atoms with Gasteiger partial charge in [0.05, 0.1) is 11.4 Å². The number of nitrogens with zero attached hydrogens (tertiary/aromatic N) is 2. The maximum Gasteiger partial charge on any atom is 0.0669 e. The van der Waals surface area contributed by atoms with E-state index in [2.05, 4.69) is 145 Å². The highest BCUT2D eigenvalue weighted by Crippen LogP contribution is 2.50. The van der Waals surface area contributed by atoms with Gasteiger partial charge in [-0.05, 0) is 42.2 Å². The van der Waals surface area contributed by atoms with Crippen molar-refractivity contribution < 1.29 is 0 Å². The predicted octanol–water partition coefficient (Wildman–Crippen LogP) is 9.77. The van der Waals surface area contributed by atoms with E-state index >= 15 is 0 Å². The van der Waals surface area contributed by atoms with E-state index in [0.29, 0.717) is 0 Å². The predicted molar refractivity (Wildman–Crippen MR) is 174 cm³/mol. The molecule has 204 valence electrons. The maximum atomic E-state index is 4.99. The van der Waals surface area contributed by atoms with Crippen molar-refractivity contribution in [1.29, 1.82) is 0 Å². The molecule has 40 heavy (non-hydrogen) atoms. The fourth-order valence-electron chi connectivity index (χ4n) is 6.83. The minimum Gasteiger partial charge on any atom is -0.367 e. The quantitative estimate of drug-likeness (QED) is 0.280. The summed E-state index contributed by atoms with van der Waals surface area (Å²) in [6.45, 7) is 24.2. The molecule has 0 unspecified atom stereocenters. The molecular formula is C38H42N2. The summed E-state index contributed by atoms with van der Waals surface area (Å²) in [6.07, 6.45) is 5.60. The van der Waals surface area contributed by atoms with Crippen LogP contribution >= 0.6 is 0 Å². The van der Waals surface area contributed by atoms with Gasteiger partial charge in [0.15, 0.2) is 0 Å². The number of hydrogen-bond acceptors (Lipinski definition) is 2. The summed E-state index contributed by atoms with van der Waals surface area (Å²) in [7, 11) is 0. The van der Waals surface area contributed by atoms with E-state index in [0.717, 1.165) is 42.2 Å². The van der Waals surface area contributed by atoms with Crippen molar-refractivity contribution in [3.63, 3.8) is 0 Å². The lowest BCUT2D eigenvalue weighted by Gasteiger charge is -2.47. The highest BCUT2D eigenvalue weighted by molar-refractivity contribution is 6.09. The Morgan fingerprint density at radius 1 is 0.925 bits per heavy atom. The molecule has 0 aliphatic carbocycles. The second kappa shape index (κ2) is 10.6. The van der Waals surface area contributed by atoms with Crippen molar-refractivity contribution in [2.24, 2.45) is 15.8 Å². The van der Waals surface area contributed by atoms with Crippen LogP contribution in [0.3, 0.4) is 0 Å². The zero-order valence-corrected chi connectivity index (χ0v) is 25.0. The third-order valence-electron chi connectivity index (χ3n) is 8.69. The van der Waals surface area contributed by atoms with Crippen LogP contribution in [0.5, 0.6) is 0 Å². The molecule has 2 nitrogen and oxygen atoms in total. The summed E-state index contributed by atoms with van der Waals surface area (Å²) >= 11 is 0. The molecule has 2 aliphatic heterocycles.